The predicted molar refractivity (Wildman–Crippen MR) is 128 cm³/mol. The van der Waals surface area contributed by atoms with Crippen LogP contribution in [0, 0.1) is 0 Å². The Bertz CT molecular complexity index is 924. The SMILES string of the molecule is CCCCOc1nc(N)c2c(n1)N(Cc1ccc(OC(CN(C)C)CN(C)C)nc1)C(=O)C2. The normalized spacial score (nSPS) is 13.3. The number of anilines is 2. The van der Waals surface area contributed by atoms with E-state index in [1.54, 1.807) is 11.1 Å². The van der Waals surface area contributed by atoms with Crippen molar-refractivity contribution < 1.29 is 14.3 Å². The van der Waals surface area contributed by atoms with Crippen LogP contribution < -0.4 is 20.1 Å². The summed E-state index contributed by atoms with van der Waals surface area (Å²) >= 11 is 0. The summed E-state index contributed by atoms with van der Waals surface area (Å²) in [6.07, 6.45) is 3.80. The molecule has 10 nitrogen and oxygen atoms in total. The van der Waals surface area contributed by atoms with Gasteiger partial charge in [0.1, 0.15) is 17.7 Å². The van der Waals surface area contributed by atoms with E-state index in [4.69, 9.17) is 15.2 Å². The number of likely N-dealkylation sites (N-methyl/N-ethyl adjacent to an activating group) is 2. The second-order valence-electron chi connectivity index (χ2n) is 8.82. The lowest BCUT2D eigenvalue weighted by Gasteiger charge is -2.24. The maximum absolute atomic E-state index is 12.7. The molecule has 1 aliphatic rings. The van der Waals surface area contributed by atoms with Crippen molar-refractivity contribution >= 4 is 17.5 Å². The van der Waals surface area contributed by atoms with E-state index in [1.807, 2.05) is 40.3 Å². The van der Waals surface area contributed by atoms with Crippen molar-refractivity contribution in [3.05, 3.63) is 29.5 Å². The summed E-state index contributed by atoms with van der Waals surface area (Å²) in [5.74, 6) is 1.28. The van der Waals surface area contributed by atoms with Crippen LogP contribution >= 0.6 is 0 Å². The zero-order chi connectivity index (χ0) is 24.0. The first kappa shape index (κ1) is 24.7. The van der Waals surface area contributed by atoms with Gasteiger partial charge in [-0.2, -0.15) is 9.97 Å². The third-order valence-electron chi connectivity index (χ3n) is 5.17. The minimum Gasteiger partial charge on any atom is -0.472 e. The van der Waals surface area contributed by atoms with Crippen LogP contribution in [0.4, 0.5) is 11.6 Å². The number of nitrogen functional groups attached to an aromatic ring is 1. The van der Waals surface area contributed by atoms with Crippen molar-refractivity contribution in [2.24, 2.45) is 0 Å². The van der Waals surface area contributed by atoms with Crippen LogP contribution in [0.15, 0.2) is 18.3 Å². The summed E-state index contributed by atoms with van der Waals surface area (Å²) in [4.78, 5) is 31.6. The molecule has 0 saturated heterocycles. The number of carbonyl (C=O) groups is 1. The number of aromatic nitrogens is 3. The van der Waals surface area contributed by atoms with Crippen molar-refractivity contribution in [1.29, 1.82) is 0 Å². The van der Waals surface area contributed by atoms with E-state index in [2.05, 4.69) is 31.7 Å². The van der Waals surface area contributed by atoms with Crippen molar-refractivity contribution in [3.63, 3.8) is 0 Å². The van der Waals surface area contributed by atoms with Gasteiger partial charge in [0.2, 0.25) is 11.8 Å². The number of hydrogen-bond acceptors (Lipinski definition) is 9. The summed E-state index contributed by atoms with van der Waals surface area (Å²) < 4.78 is 11.7. The fourth-order valence-corrected chi connectivity index (χ4v) is 3.64. The molecule has 0 saturated carbocycles. The number of ether oxygens (including phenoxy) is 2. The summed E-state index contributed by atoms with van der Waals surface area (Å²) in [6, 6.07) is 3.95. The van der Waals surface area contributed by atoms with Crippen molar-refractivity contribution in [2.45, 2.75) is 38.8 Å². The van der Waals surface area contributed by atoms with Crippen molar-refractivity contribution in [3.8, 4) is 11.9 Å². The van der Waals surface area contributed by atoms with Gasteiger partial charge in [0.25, 0.3) is 0 Å². The highest BCUT2D eigenvalue weighted by Gasteiger charge is 2.32. The van der Waals surface area contributed by atoms with Gasteiger partial charge in [-0.3, -0.25) is 9.69 Å². The highest BCUT2D eigenvalue weighted by Crippen LogP contribution is 2.33. The molecular formula is C23H35N7O3. The molecule has 0 atom stereocenters. The van der Waals surface area contributed by atoms with Gasteiger partial charge < -0.3 is 25.0 Å². The largest absolute Gasteiger partial charge is 0.472 e. The molecule has 2 N–H and O–H groups in total. The Morgan fingerprint density at radius 1 is 1.15 bits per heavy atom. The molecule has 1 amide bonds. The lowest BCUT2D eigenvalue weighted by molar-refractivity contribution is -0.117. The molecule has 2 aromatic heterocycles. The molecule has 3 rings (SSSR count). The molecule has 0 unspecified atom stereocenters. The number of fused-ring (bicyclic) bond motifs is 1. The van der Waals surface area contributed by atoms with Crippen LogP contribution in [-0.2, 0) is 17.8 Å². The number of nitrogens with two attached hydrogens (primary N) is 1. The molecule has 33 heavy (non-hydrogen) atoms. The maximum atomic E-state index is 12.7. The van der Waals surface area contributed by atoms with E-state index in [0.717, 1.165) is 31.5 Å². The number of hydrogen-bond donors (Lipinski definition) is 1. The monoisotopic (exact) mass is 457 g/mol. The van der Waals surface area contributed by atoms with Gasteiger partial charge in [-0.05, 0) is 40.2 Å². The number of rotatable bonds is 12. The third-order valence-corrected chi connectivity index (χ3v) is 5.17. The number of carbonyl (C=O) groups excluding carboxylic acids is 1. The Morgan fingerprint density at radius 2 is 1.88 bits per heavy atom. The number of nitrogens with zero attached hydrogens (tertiary/aromatic N) is 6. The van der Waals surface area contributed by atoms with Gasteiger partial charge in [-0.15, -0.1) is 0 Å². The molecule has 0 bridgehead atoms. The first-order valence-corrected chi connectivity index (χ1v) is 11.3. The highest BCUT2D eigenvalue weighted by atomic mass is 16.5. The van der Waals surface area contributed by atoms with E-state index in [-0.39, 0.29) is 30.3 Å². The van der Waals surface area contributed by atoms with E-state index < -0.39 is 0 Å². The van der Waals surface area contributed by atoms with Gasteiger partial charge in [-0.25, -0.2) is 4.98 Å². The van der Waals surface area contributed by atoms with Gasteiger partial charge >= 0.3 is 6.01 Å². The van der Waals surface area contributed by atoms with E-state index >= 15 is 0 Å². The number of amides is 1. The Balaban J connectivity index is 1.70. The van der Waals surface area contributed by atoms with Crippen LogP contribution in [0.3, 0.4) is 0 Å². The summed E-state index contributed by atoms with van der Waals surface area (Å²) in [7, 11) is 8.07. The first-order chi connectivity index (χ1) is 15.8. The lowest BCUT2D eigenvalue weighted by atomic mass is 10.2. The first-order valence-electron chi connectivity index (χ1n) is 11.3. The minimum atomic E-state index is -0.0749. The Labute approximate surface area is 195 Å². The Morgan fingerprint density at radius 3 is 2.48 bits per heavy atom. The standard InChI is InChI=1S/C23H35N7O3/c1-6-7-10-32-23-26-21(24)18-11-20(31)30(22(18)27-23)13-16-8-9-19(25-12-16)33-17(14-28(2)3)15-29(4)5/h8-9,12,17H,6-7,10-11,13-15H2,1-5H3,(H2,24,26,27). The van der Waals surface area contributed by atoms with E-state index in [9.17, 15) is 4.79 Å². The van der Waals surface area contributed by atoms with Gasteiger partial charge in [0.05, 0.1) is 19.6 Å². The second kappa shape index (κ2) is 11.2. The maximum Gasteiger partial charge on any atom is 0.320 e. The second-order valence-corrected chi connectivity index (χ2v) is 8.82. The summed E-state index contributed by atoms with van der Waals surface area (Å²) in [6.45, 7) is 4.49. The van der Waals surface area contributed by atoms with E-state index in [0.29, 0.717) is 30.4 Å². The van der Waals surface area contributed by atoms with Crippen LogP contribution in [0.5, 0.6) is 11.9 Å². The van der Waals surface area contributed by atoms with Gasteiger partial charge in [0, 0.05) is 30.9 Å². The molecule has 1 aliphatic heterocycles. The molecule has 0 aliphatic carbocycles. The Kier molecular flexibility index (Phi) is 8.40. The zero-order valence-electron chi connectivity index (χ0n) is 20.2. The summed E-state index contributed by atoms with van der Waals surface area (Å²) in [5.41, 5.74) is 7.60. The smallest absolute Gasteiger partial charge is 0.320 e. The highest BCUT2D eigenvalue weighted by molar-refractivity contribution is 6.01. The fraction of sp³-hybridized carbons (Fsp3) is 0.565. The molecule has 0 fully saturated rings. The molecule has 3 heterocycles. The predicted octanol–water partition coefficient (Wildman–Crippen LogP) is 1.59. The van der Waals surface area contributed by atoms with Crippen LogP contribution in [0.25, 0.3) is 0 Å². The van der Waals surface area contributed by atoms with Crippen molar-refractivity contribution in [1.82, 2.24) is 24.8 Å². The average Bonchev–Trinajstić information content (AvgIpc) is 3.05. The Hall–Kier alpha value is -2.98. The molecule has 0 aromatic carbocycles. The topological polar surface area (TPSA) is 110 Å². The van der Waals surface area contributed by atoms with Crippen LogP contribution in [0.2, 0.25) is 0 Å². The fourth-order valence-electron chi connectivity index (χ4n) is 3.64. The van der Waals surface area contributed by atoms with Crippen LogP contribution in [-0.4, -0.2) is 84.6 Å². The van der Waals surface area contributed by atoms with Crippen molar-refractivity contribution in [2.75, 3.05) is 58.5 Å². The number of pyridine rings is 1. The van der Waals surface area contributed by atoms with Gasteiger partial charge in [0.15, 0.2) is 0 Å². The molecular weight excluding hydrogens is 422 g/mol. The third kappa shape index (κ3) is 6.75. The number of unbranched alkanes of at least 4 members (excludes halogenated alkanes) is 1. The lowest BCUT2D eigenvalue weighted by Crippen LogP contribution is -2.38. The zero-order valence-corrected chi connectivity index (χ0v) is 20.2. The van der Waals surface area contributed by atoms with Gasteiger partial charge in [-0.1, -0.05) is 19.4 Å². The van der Waals surface area contributed by atoms with E-state index in [1.165, 1.54) is 0 Å². The molecule has 180 valence electrons. The minimum absolute atomic E-state index is 0.00816. The molecule has 0 radical (unpaired) electrons. The molecule has 2 aromatic rings. The molecule has 10 heteroatoms. The summed E-state index contributed by atoms with van der Waals surface area (Å²) in [5, 5.41) is 0. The molecule has 0 spiro atoms. The van der Waals surface area contributed by atoms with Crippen LogP contribution in [0.1, 0.15) is 30.9 Å². The quantitative estimate of drug-likeness (QED) is 0.475. The average molecular weight is 458 g/mol.